The molecule has 0 radical (unpaired) electrons. The van der Waals surface area contributed by atoms with Gasteiger partial charge in [0.1, 0.15) is 12.4 Å². The summed E-state index contributed by atoms with van der Waals surface area (Å²) in [5.74, 6) is 2.57. The van der Waals surface area contributed by atoms with E-state index in [1.165, 1.54) is 0 Å². The van der Waals surface area contributed by atoms with Crippen LogP contribution in [0, 0.1) is 12.3 Å². The number of ether oxygens (including phenoxy) is 1. The van der Waals surface area contributed by atoms with Crippen LogP contribution < -0.4 is 15.1 Å². The molecule has 0 unspecified atom stereocenters. The molecule has 2 heterocycles. The highest BCUT2D eigenvalue weighted by Gasteiger charge is 2.32. The Kier molecular flexibility index (Phi) is 5.43. The monoisotopic (exact) mass is 373 g/mol. The summed E-state index contributed by atoms with van der Waals surface area (Å²) in [5, 5.41) is 17.4. The third kappa shape index (κ3) is 4.15. The predicted molar refractivity (Wildman–Crippen MR) is 104 cm³/mol. The van der Waals surface area contributed by atoms with E-state index in [2.05, 4.69) is 28.6 Å². The molecule has 0 aromatic heterocycles. The van der Waals surface area contributed by atoms with E-state index >= 15 is 0 Å². The standard InChI is InChI=1S/C17H19N5O3S/c1-2-7-21-9-8-20(12-19-21)13-3-5-14(6-4-13)22-11-15(25-17(22)24)10-18-16(23)26/h1,3-6,12,15H,7-11H2,(H2,18,23,26)/t15-/m0/s1. The fraction of sp³-hybridized carbons (Fsp3) is 0.353. The molecule has 8 nitrogen and oxygen atoms in total. The van der Waals surface area contributed by atoms with Crippen molar-refractivity contribution in [3.63, 3.8) is 0 Å². The Labute approximate surface area is 157 Å². The number of amides is 1. The molecule has 9 heteroatoms. The van der Waals surface area contributed by atoms with Gasteiger partial charge in [-0.2, -0.15) is 5.10 Å². The Morgan fingerprint density at radius 3 is 2.73 bits per heavy atom. The maximum Gasteiger partial charge on any atom is 0.414 e. The number of anilines is 2. The molecule has 0 aliphatic carbocycles. The molecule has 136 valence electrons. The average molecular weight is 373 g/mol. The van der Waals surface area contributed by atoms with Crippen molar-refractivity contribution in [2.24, 2.45) is 5.10 Å². The molecule has 0 bridgehead atoms. The summed E-state index contributed by atoms with van der Waals surface area (Å²) in [6.07, 6.45) is 6.25. The predicted octanol–water partition coefficient (Wildman–Crippen LogP) is 1.14. The second-order valence-corrected chi connectivity index (χ2v) is 6.22. The number of carbonyl (C=O) groups is 1. The van der Waals surface area contributed by atoms with Gasteiger partial charge in [0, 0.05) is 17.9 Å². The first-order chi connectivity index (χ1) is 12.6. The molecule has 26 heavy (non-hydrogen) atoms. The zero-order valence-corrected chi connectivity index (χ0v) is 14.9. The Hall–Kier alpha value is -2.99. The highest BCUT2D eigenvalue weighted by molar-refractivity contribution is 7.79. The van der Waals surface area contributed by atoms with Crippen LogP contribution in [-0.4, -0.2) is 66.5 Å². The molecule has 1 amide bonds. The second kappa shape index (κ2) is 7.93. The van der Waals surface area contributed by atoms with Gasteiger partial charge in [0.25, 0.3) is 5.17 Å². The molecule has 2 N–H and O–H groups in total. The zero-order chi connectivity index (χ0) is 18.5. The molecule has 0 spiro atoms. The number of nitrogens with zero attached hydrogens (tertiary/aromatic N) is 4. The van der Waals surface area contributed by atoms with Gasteiger partial charge in [0.15, 0.2) is 0 Å². The van der Waals surface area contributed by atoms with Crippen LogP contribution in [0.4, 0.5) is 16.2 Å². The number of terminal acetylenes is 1. The van der Waals surface area contributed by atoms with Crippen LogP contribution in [0.1, 0.15) is 0 Å². The van der Waals surface area contributed by atoms with Gasteiger partial charge < -0.3 is 20.1 Å². The molecular formula is C17H19N5O3S. The first-order valence-electron chi connectivity index (χ1n) is 8.11. The summed E-state index contributed by atoms with van der Waals surface area (Å²) >= 11 is 4.54. The van der Waals surface area contributed by atoms with Crippen LogP contribution in [0.5, 0.6) is 0 Å². The molecule has 1 aromatic rings. The number of hydrazone groups is 1. The number of rotatable bonds is 5. The molecular weight excluding hydrogens is 354 g/mol. The number of benzene rings is 1. The lowest BCUT2D eigenvalue weighted by atomic mass is 10.2. The summed E-state index contributed by atoms with van der Waals surface area (Å²) in [5.41, 5.74) is 1.73. The van der Waals surface area contributed by atoms with E-state index in [9.17, 15) is 4.79 Å². The van der Waals surface area contributed by atoms with Crippen molar-refractivity contribution >= 4 is 41.2 Å². The maximum atomic E-state index is 12.0. The van der Waals surface area contributed by atoms with Crippen LogP contribution in [0.15, 0.2) is 29.4 Å². The van der Waals surface area contributed by atoms with Crippen molar-refractivity contribution in [1.29, 1.82) is 0 Å². The van der Waals surface area contributed by atoms with Crippen LogP contribution in [0.2, 0.25) is 0 Å². The van der Waals surface area contributed by atoms with Crippen LogP contribution in [-0.2, 0) is 4.74 Å². The molecule has 1 atom stereocenters. The largest absolute Gasteiger partial charge is 0.487 e. The van der Waals surface area contributed by atoms with Gasteiger partial charge in [0.2, 0.25) is 0 Å². The topological polar surface area (TPSA) is 80.6 Å². The van der Waals surface area contributed by atoms with Crippen molar-refractivity contribution < 1.29 is 14.6 Å². The normalized spacial score (nSPS) is 19.3. The maximum absolute atomic E-state index is 12.0. The third-order valence-corrected chi connectivity index (χ3v) is 4.22. The van der Waals surface area contributed by atoms with Gasteiger partial charge in [-0.05, 0) is 36.5 Å². The molecule has 3 rings (SSSR count). The van der Waals surface area contributed by atoms with Crippen molar-refractivity contribution in [3.8, 4) is 12.3 Å². The first-order valence-corrected chi connectivity index (χ1v) is 8.52. The van der Waals surface area contributed by atoms with Gasteiger partial charge in [-0.25, -0.2) is 4.79 Å². The number of hydrogen-bond donors (Lipinski definition) is 2. The summed E-state index contributed by atoms with van der Waals surface area (Å²) < 4.78 is 5.26. The number of carbonyl (C=O) groups excluding carboxylic acids is 1. The number of cyclic esters (lactones) is 1. The lowest BCUT2D eigenvalue weighted by molar-refractivity contribution is 0.142. The number of aliphatic hydroxyl groups is 1. The van der Waals surface area contributed by atoms with Crippen LogP contribution >= 0.6 is 12.2 Å². The lowest BCUT2D eigenvalue weighted by Crippen LogP contribution is -2.38. The van der Waals surface area contributed by atoms with Gasteiger partial charge in [-0.15, -0.1) is 6.42 Å². The van der Waals surface area contributed by atoms with Crippen LogP contribution in [0.3, 0.4) is 0 Å². The average Bonchev–Trinajstić information content (AvgIpc) is 3.02. The number of aliphatic hydroxyl groups excluding tert-OH is 1. The fourth-order valence-electron chi connectivity index (χ4n) is 2.76. The summed E-state index contributed by atoms with van der Waals surface area (Å²) in [6, 6.07) is 7.59. The highest BCUT2D eigenvalue weighted by Crippen LogP contribution is 2.25. The minimum absolute atomic E-state index is 0.272. The number of hydrogen-bond acceptors (Lipinski definition) is 6. The number of nitrogens with one attached hydrogen (secondary N) is 1. The molecule has 1 fully saturated rings. The molecule has 0 saturated carbocycles. The Balaban J connectivity index is 1.61. The van der Waals surface area contributed by atoms with E-state index in [0.717, 1.165) is 24.5 Å². The minimum atomic E-state index is -0.419. The van der Waals surface area contributed by atoms with Gasteiger partial charge >= 0.3 is 6.09 Å². The molecule has 1 saturated heterocycles. The highest BCUT2D eigenvalue weighted by atomic mass is 32.1. The van der Waals surface area contributed by atoms with Crippen LogP contribution in [0.25, 0.3) is 0 Å². The van der Waals surface area contributed by atoms with Crippen molar-refractivity contribution in [3.05, 3.63) is 24.3 Å². The molecule has 2 aliphatic rings. The Bertz CT molecular complexity index is 746. The summed E-state index contributed by atoms with van der Waals surface area (Å²) in [4.78, 5) is 15.6. The molecule has 1 aromatic carbocycles. The Morgan fingerprint density at radius 1 is 1.38 bits per heavy atom. The Morgan fingerprint density at radius 2 is 2.12 bits per heavy atom. The quantitative estimate of drug-likeness (QED) is 0.592. The van der Waals surface area contributed by atoms with Crippen molar-refractivity contribution in [2.75, 3.05) is 42.5 Å². The lowest BCUT2D eigenvalue weighted by Gasteiger charge is -2.29. The van der Waals surface area contributed by atoms with Gasteiger partial charge in [-0.1, -0.05) is 5.92 Å². The number of thiocarbonyl (C=S) groups is 1. The first kappa shape index (κ1) is 17.8. The van der Waals surface area contributed by atoms with Gasteiger partial charge in [-0.3, -0.25) is 9.91 Å². The summed E-state index contributed by atoms with van der Waals surface area (Å²) in [6.45, 7) is 2.69. The van der Waals surface area contributed by atoms with Gasteiger partial charge in [0.05, 0.1) is 26.2 Å². The second-order valence-electron chi connectivity index (χ2n) is 5.84. The van der Waals surface area contributed by atoms with Crippen molar-refractivity contribution in [2.45, 2.75) is 6.10 Å². The van der Waals surface area contributed by atoms with Crippen molar-refractivity contribution in [1.82, 2.24) is 10.3 Å². The van der Waals surface area contributed by atoms with E-state index in [0.29, 0.717) is 13.1 Å². The molecule has 2 aliphatic heterocycles. The van der Waals surface area contributed by atoms with E-state index in [1.54, 1.807) is 11.2 Å². The third-order valence-electron chi connectivity index (χ3n) is 4.08. The van der Waals surface area contributed by atoms with E-state index in [4.69, 9.17) is 16.3 Å². The van der Waals surface area contributed by atoms with E-state index in [-0.39, 0.29) is 17.8 Å². The zero-order valence-electron chi connectivity index (χ0n) is 14.0. The minimum Gasteiger partial charge on any atom is -0.487 e. The summed E-state index contributed by atoms with van der Waals surface area (Å²) in [7, 11) is 0. The smallest absolute Gasteiger partial charge is 0.414 e. The van der Waals surface area contributed by atoms with E-state index < -0.39 is 6.09 Å². The fourth-order valence-corrected chi connectivity index (χ4v) is 2.84. The van der Waals surface area contributed by atoms with E-state index in [1.807, 2.05) is 34.2 Å². The SMILES string of the molecule is C#CCN1CCN(c2ccc(N3C[C@H](CNC(O)=S)OC3=O)cc2)C=N1.